The van der Waals surface area contributed by atoms with Crippen LogP contribution < -0.4 is 9.46 Å². The first kappa shape index (κ1) is 27.5. The summed E-state index contributed by atoms with van der Waals surface area (Å²) in [6.45, 7) is 3.07. The third-order valence-corrected chi connectivity index (χ3v) is 6.39. The predicted molar refractivity (Wildman–Crippen MR) is 127 cm³/mol. The van der Waals surface area contributed by atoms with E-state index >= 15 is 0 Å². The molecular formula is C24H36N2O5S. The molecule has 1 aromatic rings. The number of aliphatic hydroxyl groups is 1. The van der Waals surface area contributed by atoms with Gasteiger partial charge in [-0.2, -0.15) is 5.26 Å². The molecule has 0 radical (unpaired) electrons. The number of ether oxygens (including phenoxy) is 1. The molecule has 0 aliphatic carbocycles. The number of nitrogens with zero attached hydrogens (tertiary/aromatic N) is 1. The number of Topliss-reactive ketones (excluding diaryl/α,β-unsaturated/α-hetero) is 1. The maximum Gasteiger partial charge on any atom is 0.232 e. The maximum atomic E-state index is 12.3. The molecule has 2 N–H and O–H groups in total. The van der Waals surface area contributed by atoms with Crippen LogP contribution in [0.25, 0.3) is 0 Å². The molecule has 1 aromatic carbocycles. The SMILES string of the molecule is CCCCCCCCCCCCS(=O)(=O)Nc1ccc(OCC(=O)/C(C#N)=C(/C)O)cc1. The Labute approximate surface area is 192 Å². The van der Waals surface area contributed by atoms with Crippen LogP contribution in [0, 0.1) is 11.3 Å². The summed E-state index contributed by atoms with van der Waals surface area (Å²) < 4.78 is 32.4. The van der Waals surface area contributed by atoms with Crippen molar-refractivity contribution >= 4 is 21.5 Å². The number of carbonyl (C=O) groups excluding carboxylic acids is 1. The molecule has 0 saturated carbocycles. The van der Waals surface area contributed by atoms with Crippen molar-refractivity contribution in [2.24, 2.45) is 0 Å². The average Bonchev–Trinajstić information content (AvgIpc) is 2.74. The van der Waals surface area contributed by atoms with Gasteiger partial charge in [-0.15, -0.1) is 0 Å². The molecule has 32 heavy (non-hydrogen) atoms. The summed E-state index contributed by atoms with van der Waals surface area (Å²) in [6.07, 6.45) is 11.4. The quantitative estimate of drug-likeness (QED) is 0.133. The zero-order chi connectivity index (χ0) is 23.8. The van der Waals surface area contributed by atoms with Crippen molar-refractivity contribution in [3.05, 3.63) is 35.6 Å². The number of anilines is 1. The van der Waals surface area contributed by atoms with Crippen LogP contribution in [0.15, 0.2) is 35.6 Å². The topological polar surface area (TPSA) is 116 Å². The van der Waals surface area contributed by atoms with Crippen molar-refractivity contribution in [1.82, 2.24) is 0 Å². The highest BCUT2D eigenvalue weighted by molar-refractivity contribution is 7.92. The van der Waals surface area contributed by atoms with E-state index in [4.69, 9.17) is 10.00 Å². The van der Waals surface area contributed by atoms with Gasteiger partial charge in [0.25, 0.3) is 0 Å². The van der Waals surface area contributed by atoms with Gasteiger partial charge in [0.2, 0.25) is 15.8 Å². The van der Waals surface area contributed by atoms with E-state index in [9.17, 15) is 18.3 Å². The number of carbonyl (C=O) groups is 1. The van der Waals surface area contributed by atoms with Gasteiger partial charge in [-0.3, -0.25) is 9.52 Å². The van der Waals surface area contributed by atoms with E-state index in [0.29, 0.717) is 17.9 Å². The fourth-order valence-corrected chi connectivity index (χ4v) is 4.38. The number of aliphatic hydroxyl groups excluding tert-OH is 1. The molecule has 0 aliphatic heterocycles. The van der Waals surface area contributed by atoms with Gasteiger partial charge in [0.1, 0.15) is 23.2 Å². The molecule has 0 unspecified atom stereocenters. The van der Waals surface area contributed by atoms with Crippen LogP contribution in [0.1, 0.15) is 78.1 Å². The van der Waals surface area contributed by atoms with Crippen molar-refractivity contribution in [2.45, 2.75) is 78.1 Å². The molecule has 0 bridgehead atoms. The Morgan fingerprint density at radius 1 is 1.00 bits per heavy atom. The van der Waals surface area contributed by atoms with Crippen LogP contribution in [-0.4, -0.2) is 31.7 Å². The highest BCUT2D eigenvalue weighted by Crippen LogP contribution is 2.18. The monoisotopic (exact) mass is 464 g/mol. The number of rotatable bonds is 17. The molecule has 0 atom stereocenters. The molecule has 178 valence electrons. The number of nitriles is 1. The Morgan fingerprint density at radius 2 is 1.53 bits per heavy atom. The largest absolute Gasteiger partial charge is 0.511 e. The minimum atomic E-state index is -3.42. The Morgan fingerprint density at radius 3 is 2.03 bits per heavy atom. The lowest BCUT2D eigenvalue weighted by molar-refractivity contribution is -0.117. The molecule has 7 nitrogen and oxygen atoms in total. The standard InChI is InChI=1S/C24H36N2O5S/c1-3-4-5-6-7-8-9-10-11-12-17-32(29,30)26-21-13-15-22(16-14-21)31-19-24(28)23(18-25)20(2)27/h13-16,26-27H,3-12,17,19H2,1-2H3/b23-20-. The first-order valence-electron chi connectivity index (χ1n) is 11.4. The lowest BCUT2D eigenvalue weighted by atomic mass is 10.1. The fourth-order valence-electron chi connectivity index (χ4n) is 3.20. The van der Waals surface area contributed by atoms with Gasteiger partial charge >= 0.3 is 0 Å². The summed E-state index contributed by atoms with van der Waals surface area (Å²) in [7, 11) is -3.42. The van der Waals surface area contributed by atoms with Crippen molar-refractivity contribution in [2.75, 3.05) is 17.1 Å². The van der Waals surface area contributed by atoms with Gasteiger partial charge in [-0.25, -0.2) is 8.42 Å². The van der Waals surface area contributed by atoms with Crippen LogP contribution in [0.5, 0.6) is 5.75 Å². The number of nitrogens with one attached hydrogen (secondary N) is 1. The van der Waals surface area contributed by atoms with Crippen molar-refractivity contribution in [3.63, 3.8) is 0 Å². The smallest absolute Gasteiger partial charge is 0.232 e. The Hall–Kier alpha value is -2.53. The summed E-state index contributed by atoms with van der Waals surface area (Å²) in [6, 6.07) is 7.81. The van der Waals surface area contributed by atoms with E-state index in [1.807, 2.05) is 0 Å². The average molecular weight is 465 g/mol. The third-order valence-electron chi connectivity index (χ3n) is 5.02. The first-order valence-corrected chi connectivity index (χ1v) is 13.0. The van der Waals surface area contributed by atoms with E-state index in [2.05, 4.69) is 11.6 Å². The highest BCUT2D eigenvalue weighted by Gasteiger charge is 2.14. The van der Waals surface area contributed by atoms with Crippen LogP contribution in [0.3, 0.4) is 0 Å². The minimum Gasteiger partial charge on any atom is -0.511 e. The van der Waals surface area contributed by atoms with E-state index in [0.717, 1.165) is 19.3 Å². The molecule has 8 heteroatoms. The number of unbranched alkanes of at least 4 members (excludes halogenated alkanes) is 9. The lowest BCUT2D eigenvalue weighted by Crippen LogP contribution is -2.17. The lowest BCUT2D eigenvalue weighted by Gasteiger charge is -2.10. The summed E-state index contributed by atoms with van der Waals surface area (Å²) >= 11 is 0. The summed E-state index contributed by atoms with van der Waals surface area (Å²) in [5.74, 6) is -0.550. The molecular weight excluding hydrogens is 428 g/mol. The second-order valence-corrected chi connectivity index (χ2v) is 9.75. The zero-order valence-electron chi connectivity index (χ0n) is 19.2. The van der Waals surface area contributed by atoms with Crippen molar-refractivity contribution in [1.29, 1.82) is 5.26 Å². The molecule has 0 fully saturated rings. The van der Waals surface area contributed by atoms with E-state index in [1.54, 1.807) is 18.2 Å². The van der Waals surface area contributed by atoms with E-state index < -0.39 is 22.4 Å². The Bertz CT molecular complexity index is 867. The second-order valence-electron chi connectivity index (χ2n) is 7.91. The van der Waals surface area contributed by atoms with Gasteiger partial charge < -0.3 is 9.84 Å². The maximum absolute atomic E-state index is 12.3. The van der Waals surface area contributed by atoms with Gasteiger partial charge in [-0.1, -0.05) is 64.7 Å². The highest BCUT2D eigenvalue weighted by atomic mass is 32.2. The van der Waals surface area contributed by atoms with Crippen LogP contribution >= 0.6 is 0 Å². The number of hydrogen-bond donors (Lipinski definition) is 2. The zero-order valence-corrected chi connectivity index (χ0v) is 20.0. The normalized spacial score (nSPS) is 12.0. The van der Waals surface area contributed by atoms with Gasteiger partial charge in [-0.05, 0) is 37.6 Å². The number of hydrogen-bond acceptors (Lipinski definition) is 6. The molecule has 0 aliphatic rings. The van der Waals surface area contributed by atoms with Crippen LogP contribution in [0.2, 0.25) is 0 Å². The van der Waals surface area contributed by atoms with E-state index in [1.165, 1.54) is 57.6 Å². The number of allylic oxidation sites excluding steroid dienone is 1. The molecule has 0 aromatic heterocycles. The van der Waals surface area contributed by atoms with Gasteiger partial charge in [0.15, 0.2) is 6.61 Å². The minimum absolute atomic E-state index is 0.0834. The summed E-state index contributed by atoms with van der Waals surface area (Å²) in [4.78, 5) is 11.8. The number of benzene rings is 1. The molecule has 0 saturated heterocycles. The van der Waals surface area contributed by atoms with Crippen molar-refractivity contribution < 1.29 is 23.1 Å². The van der Waals surface area contributed by atoms with Crippen LogP contribution in [-0.2, 0) is 14.8 Å². The molecule has 0 heterocycles. The third kappa shape index (κ3) is 11.8. The summed E-state index contributed by atoms with van der Waals surface area (Å²) in [5.41, 5.74) is 0.0703. The molecule has 0 spiro atoms. The van der Waals surface area contributed by atoms with Gasteiger partial charge in [0.05, 0.1) is 5.75 Å². The van der Waals surface area contributed by atoms with E-state index in [-0.39, 0.29) is 17.1 Å². The fraction of sp³-hybridized carbons (Fsp3) is 0.583. The van der Waals surface area contributed by atoms with Crippen LogP contribution in [0.4, 0.5) is 5.69 Å². The first-order chi connectivity index (χ1) is 15.3. The number of sulfonamides is 1. The molecule has 1 rings (SSSR count). The van der Waals surface area contributed by atoms with Gasteiger partial charge in [0, 0.05) is 5.69 Å². The Balaban J connectivity index is 2.31. The number of ketones is 1. The summed E-state index contributed by atoms with van der Waals surface area (Å²) in [5, 5.41) is 18.1. The predicted octanol–water partition coefficient (Wildman–Crippen LogP) is 5.65. The second kappa shape index (κ2) is 15.3. The van der Waals surface area contributed by atoms with Crippen molar-refractivity contribution in [3.8, 4) is 11.8 Å². The molecule has 0 amide bonds. The Kier molecular flexibility index (Phi) is 13.2.